The molecule has 0 aliphatic carbocycles. The van der Waals surface area contributed by atoms with E-state index in [9.17, 15) is 18.4 Å². The number of amides is 2. The first-order chi connectivity index (χ1) is 20.0. The van der Waals surface area contributed by atoms with E-state index in [1.54, 1.807) is 36.8 Å². The zero-order valence-corrected chi connectivity index (χ0v) is 24.8. The first-order valence-electron chi connectivity index (χ1n) is 13.2. The van der Waals surface area contributed by atoms with Crippen LogP contribution >= 0.6 is 23.5 Å². The minimum Gasteiger partial charge on any atom is -0.433 e. The SMILES string of the molecule is COC[C@@]1(C)C[C@H]2CSC(NC(=O)c3ccccc3)=N[C@@]2(C2(C)NC(NC(=O)c3ccc(OC(F)F)cn3)=CS2)CO1. The predicted molar refractivity (Wildman–Crippen MR) is 156 cm³/mol. The molecule has 3 N–H and O–H groups in total. The molecular weight excluding hydrogens is 588 g/mol. The first kappa shape index (κ1) is 30.3. The molecule has 10 nitrogen and oxygen atoms in total. The third-order valence-corrected chi connectivity index (χ3v) is 9.79. The van der Waals surface area contributed by atoms with Crippen LogP contribution < -0.4 is 20.7 Å². The minimum atomic E-state index is -2.98. The molecule has 4 heterocycles. The summed E-state index contributed by atoms with van der Waals surface area (Å²) in [6, 6.07) is 11.5. The van der Waals surface area contributed by atoms with Gasteiger partial charge in [-0.1, -0.05) is 41.7 Å². The van der Waals surface area contributed by atoms with Crippen molar-refractivity contribution in [2.24, 2.45) is 10.9 Å². The molecule has 0 radical (unpaired) electrons. The molecule has 2 aromatic rings. The van der Waals surface area contributed by atoms with E-state index in [2.05, 4.69) is 25.7 Å². The average molecular weight is 620 g/mol. The molecule has 2 amide bonds. The fourth-order valence-electron chi connectivity index (χ4n) is 5.36. The molecule has 0 spiro atoms. The van der Waals surface area contributed by atoms with Crippen molar-refractivity contribution in [1.29, 1.82) is 0 Å². The van der Waals surface area contributed by atoms with Crippen LogP contribution in [0.4, 0.5) is 8.78 Å². The third-order valence-electron chi connectivity index (χ3n) is 7.48. The van der Waals surface area contributed by atoms with Gasteiger partial charge in [-0.15, -0.1) is 0 Å². The number of fused-ring (bicyclic) bond motifs is 1. The van der Waals surface area contributed by atoms with E-state index >= 15 is 0 Å². The van der Waals surface area contributed by atoms with E-state index < -0.39 is 28.5 Å². The topological polar surface area (TPSA) is 123 Å². The van der Waals surface area contributed by atoms with Gasteiger partial charge in [0.15, 0.2) is 5.17 Å². The normalized spacial score (nSPS) is 28.7. The summed E-state index contributed by atoms with van der Waals surface area (Å²) in [5.74, 6) is 0.246. The Balaban J connectivity index is 1.36. The number of carbonyl (C=O) groups is 2. The molecule has 5 rings (SSSR count). The Labute approximate surface area is 250 Å². The van der Waals surface area contributed by atoms with Gasteiger partial charge in [0.05, 0.1) is 25.0 Å². The quantitative estimate of drug-likeness (QED) is 0.403. The first-order valence-corrected chi connectivity index (χ1v) is 15.0. The van der Waals surface area contributed by atoms with Crippen LogP contribution in [-0.4, -0.2) is 70.7 Å². The summed E-state index contributed by atoms with van der Waals surface area (Å²) in [7, 11) is 1.64. The molecule has 0 saturated carbocycles. The largest absolute Gasteiger partial charge is 0.433 e. The number of nitrogens with zero attached hydrogens (tertiary/aromatic N) is 2. The number of methoxy groups -OCH3 is 1. The lowest BCUT2D eigenvalue weighted by Gasteiger charge is -2.55. The summed E-state index contributed by atoms with van der Waals surface area (Å²) >= 11 is 2.95. The van der Waals surface area contributed by atoms with Crippen molar-refractivity contribution in [2.45, 2.75) is 42.9 Å². The monoisotopic (exact) mass is 619 g/mol. The molecule has 1 unspecified atom stereocenters. The number of aliphatic imine (C=N–C) groups is 1. The van der Waals surface area contributed by atoms with Crippen LogP contribution in [0.1, 0.15) is 41.1 Å². The van der Waals surface area contributed by atoms with Crippen LogP contribution in [0, 0.1) is 5.92 Å². The number of benzene rings is 1. The maximum Gasteiger partial charge on any atom is 0.387 e. The summed E-state index contributed by atoms with van der Waals surface area (Å²) in [5.41, 5.74) is -0.758. The maximum absolute atomic E-state index is 13.0. The number of amidine groups is 1. The molecule has 42 heavy (non-hydrogen) atoms. The predicted octanol–water partition coefficient (Wildman–Crippen LogP) is 3.98. The van der Waals surface area contributed by atoms with Crippen molar-refractivity contribution in [3.05, 3.63) is 71.1 Å². The molecule has 14 heteroatoms. The van der Waals surface area contributed by atoms with Crippen LogP contribution in [0.15, 0.2) is 64.9 Å². The molecule has 4 atom stereocenters. The van der Waals surface area contributed by atoms with Gasteiger partial charge in [-0.05, 0) is 44.5 Å². The van der Waals surface area contributed by atoms with E-state index in [0.717, 1.165) is 6.20 Å². The summed E-state index contributed by atoms with van der Waals surface area (Å²) in [6.45, 7) is 1.71. The number of hydrogen-bond donors (Lipinski definition) is 3. The summed E-state index contributed by atoms with van der Waals surface area (Å²) in [4.78, 5) is 34.2. The van der Waals surface area contributed by atoms with Gasteiger partial charge in [0, 0.05) is 29.8 Å². The highest BCUT2D eigenvalue weighted by Gasteiger charge is 2.61. The van der Waals surface area contributed by atoms with Crippen LogP contribution in [0.25, 0.3) is 0 Å². The Morgan fingerprint density at radius 1 is 1.17 bits per heavy atom. The Morgan fingerprint density at radius 3 is 2.64 bits per heavy atom. The van der Waals surface area contributed by atoms with Crippen LogP contribution in [0.5, 0.6) is 5.75 Å². The summed E-state index contributed by atoms with van der Waals surface area (Å²) in [6.07, 6.45) is 1.74. The van der Waals surface area contributed by atoms with Crippen molar-refractivity contribution in [3.8, 4) is 5.75 Å². The van der Waals surface area contributed by atoms with Crippen molar-refractivity contribution < 1.29 is 32.6 Å². The van der Waals surface area contributed by atoms with Crippen molar-refractivity contribution in [3.63, 3.8) is 0 Å². The van der Waals surface area contributed by atoms with E-state index in [-0.39, 0.29) is 29.9 Å². The number of pyridine rings is 1. The highest BCUT2D eigenvalue weighted by Crippen LogP contribution is 2.53. The second-order valence-electron chi connectivity index (χ2n) is 10.6. The number of aromatic nitrogens is 1. The van der Waals surface area contributed by atoms with Crippen molar-refractivity contribution in [1.82, 2.24) is 20.9 Å². The standard InChI is InChI=1S/C28H31F2N5O5S2/c1-26(15-38-3)11-18-13-41-25(33-22(36)17-7-5-4-6-8-17)35-28(18,16-39-26)27(2)34-21(14-42-27)32-23(37)20-10-9-19(12-31-20)40-24(29)30/h4-10,12,14,18,24,34H,11,13,15-16H2,1-3H3,(H,32,37)(H,33,35,36)/t18-,26+,27?,28-/m0/s1. The van der Waals surface area contributed by atoms with E-state index in [0.29, 0.717) is 35.3 Å². The maximum atomic E-state index is 13.0. The third kappa shape index (κ3) is 6.26. The molecule has 224 valence electrons. The number of rotatable bonds is 8. The number of alkyl halides is 2. The second-order valence-corrected chi connectivity index (χ2v) is 12.9. The number of hydrogen-bond acceptors (Lipinski definition) is 10. The molecular formula is C28H31F2N5O5S2. The van der Waals surface area contributed by atoms with Gasteiger partial charge in [0.1, 0.15) is 27.7 Å². The number of carbonyl (C=O) groups excluding carboxylic acids is 2. The van der Waals surface area contributed by atoms with E-state index in [1.807, 2.05) is 19.9 Å². The smallest absolute Gasteiger partial charge is 0.387 e. The van der Waals surface area contributed by atoms with Crippen LogP contribution in [0.3, 0.4) is 0 Å². The molecule has 0 bridgehead atoms. The highest BCUT2D eigenvalue weighted by atomic mass is 32.2. The van der Waals surface area contributed by atoms with Gasteiger partial charge in [-0.2, -0.15) is 8.78 Å². The zero-order chi connectivity index (χ0) is 30.0. The molecule has 3 aliphatic rings. The Bertz CT molecular complexity index is 1380. The fourth-order valence-corrected chi connectivity index (χ4v) is 7.62. The van der Waals surface area contributed by atoms with Gasteiger partial charge in [-0.3, -0.25) is 9.59 Å². The fraction of sp³-hybridized carbons (Fsp3) is 0.429. The molecule has 1 aromatic carbocycles. The highest BCUT2D eigenvalue weighted by molar-refractivity contribution is 8.14. The second kappa shape index (κ2) is 12.2. The van der Waals surface area contributed by atoms with Gasteiger partial charge < -0.3 is 30.2 Å². The lowest BCUT2D eigenvalue weighted by molar-refractivity contribution is -0.151. The van der Waals surface area contributed by atoms with Gasteiger partial charge in [0.2, 0.25) is 0 Å². The van der Waals surface area contributed by atoms with Crippen molar-refractivity contribution >= 4 is 40.5 Å². The average Bonchev–Trinajstić information content (AvgIpc) is 3.35. The lowest BCUT2D eigenvalue weighted by atomic mass is 9.72. The van der Waals surface area contributed by atoms with Crippen LogP contribution in [0.2, 0.25) is 0 Å². The van der Waals surface area contributed by atoms with Gasteiger partial charge in [-0.25, -0.2) is 9.98 Å². The molecule has 1 aromatic heterocycles. The molecule has 1 fully saturated rings. The van der Waals surface area contributed by atoms with Gasteiger partial charge in [0.25, 0.3) is 11.8 Å². The van der Waals surface area contributed by atoms with Gasteiger partial charge >= 0.3 is 6.61 Å². The zero-order valence-electron chi connectivity index (χ0n) is 23.2. The number of ether oxygens (including phenoxy) is 3. The minimum absolute atomic E-state index is 0.0308. The number of nitrogens with one attached hydrogen (secondary N) is 3. The number of thioether (sulfide) groups is 2. The Kier molecular flexibility index (Phi) is 8.78. The molecule has 3 aliphatic heterocycles. The summed E-state index contributed by atoms with van der Waals surface area (Å²) in [5, 5.41) is 11.5. The Hall–Kier alpha value is -3.20. The lowest BCUT2D eigenvalue weighted by Crippen LogP contribution is -2.69. The van der Waals surface area contributed by atoms with E-state index in [4.69, 9.17) is 14.5 Å². The molecule has 1 saturated heterocycles. The summed E-state index contributed by atoms with van der Waals surface area (Å²) < 4.78 is 41.1. The van der Waals surface area contributed by atoms with E-state index in [1.165, 1.54) is 35.7 Å². The number of halogens is 2. The van der Waals surface area contributed by atoms with Crippen LogP contribution in [-0.2, 0) is 9.47 Å². The Morgan fingerprint density at radius 2 is 1.95 bits per heavy atom. The van der Waals surface area contributed by atoms with Crippen molar-refractivity contribution in [2.75, 3.05) is 26.1 Å².